The molecule has 4 rings (SSSR count). The lowest BCUT2D eigenvalue weighted by Gasteiger charge is -2.07. The van der Waals surface area contributed by atoms with Gasteiger partial charge in [-0.15, -0.1) is 0 Å². The summed E-state index contributed by atoms with van der Waals surface area (Å²) < 4.78 is 5.21. The topological polar surface area (TPSA) is 59.3 Å². The fraction of sp³-hybridized carbons (Fsp3) is 0.158. The van der Waals surface area contributed by atoms with Crippen LogP contribution in [0.4, 0.5) is 5.69 Å². The third-order valence-corrected chi connectivity index (χ3v) is 4.24. The molecule has 0 saturated heterocycles. The number of carbonyl (C=O) groups excluding carboxylic acids is 1. The molecule has 1 aliphatic rings. The number of anilines is 1. The van der Waals surface area contributed by atoms with Gasteiger partial charge in [-0.2, -0.15) is 0 Å². The average molecular weight is 305 g/mol. The van der Waals surface area contributed by atoms with E-state index in [1.165, 1.54) is 11.1 Å². The summed E-state index contributed by atoms with van der Waals surface area (Å²) in [5.74, 6) is -0.442. The maximum absolute atomic E-state index is 12.4. The molecule has 1 aliphatic carbocycles. The van der Waals surface area contributed by atoms with Crippen molar-refractivity contribution in [3.05, 3.63) is 75.6 Å². The minimum Gasteiger partial charge on any atom is -0.422 e. The molecule has 0 spiro atoms. The highest BCUT2D eigenvalue weighted by Crippen LogP contribution is 2.25. The summed E-state index contributed by atoms with van der Waals surface area (Å²) in [4.78, 5) is 24.4. The second-order valence-electron chi connectivity index (χ2n) is 5.78. The smallest absolute Gasteiger partial charge is 0.349 e. The van der Waals surface area contributed by atoms with Crippen LogP contribution >= 0.6 is 0 Å². The van der Waals surface area contributed by atoms with E-state index >= 15 is 0 Å². The number of carbonyl (C=O) groups is 1. The molecule has 0 aliphatic heterocycles. The first-order chi connectivity index (χ1) is 11.2. The predicted octanol–water partition coefficient (Wildman–Crippen LogP) is 3.53. The van der Waals surface area contributed by atoms with Gasteiger partial charge in [0.2, 0.25) is 0 Å². The van der Waals surface area contributed by atoms with E-state index in [4.69, 9.17) is 4.42 Å². The molecular weight excluding hydrogens is 290 g/mol. The van der Waals surface area contributed by atoms with Crippen molar-refractivity contribution < 1.29 is 9.21 Å². The molecular formula is C19H15NO3. The molecule has 0 bridgehead atoms. The molecule has 1 aromatic heterocycles. The Morgan fingerprint density at radius 2 is 1.83 bits per heavy atom. The normalized spacial score (nSPS) is 13.0. The predicted molar refractivity (Wildman–Crippen MR) is 88.9 cm³/mol. The van der Waals surface area contributed by atoms with Crippen molar-refractivity contribution in [3.8, 4) is 0 Å². The fourth-order valence-corrected chi connectivity index (χ4v) is 3.07. The number of aryl methyl sites for hydroxylation is 2. The largest absolute Gasteiger partial charge is 0.422 e. The van der Waals surface area contributed by atoms with Crippen molar-refractivity contribution in [3.63, 3.8) is 0 Å². The Balaban J connectivity index is 1.66. The molecule has 3 aromatic rings. The molecule has 0 saturated carbocycles. The molecule has 1 N–H and O–H groups in total. The number of para-hydroxylation sites is 1. The standard InChI is InChI=1S/C19H15NO3/c21-18(20-15-9-8-12-5-3-6-13(12)10-15)16-11-14-4-1-2-7-17(14)23-19(16)22/h1-2,4,7-11H,3,5-6H2,(H,20,21). The molecule has 0 radical (unpaired) electrons. The van der Waals surface area contributed by atoms with Gasteiger partial charge in [0, 0.05) is 11.1 Å². The molecule has 1 amide bonds. The summed E-state index contributed by atoms with van der Waals surface area (Å²) in [7, 11) is 0. The third kappa shape index (κ3) is 2.52. The van der Waals surface area contributed by atoms with E-state index in [1.54, 1.807) is 18.2 Å². The molecule has 4 nitrogen and oxygen atoms in total. The van der Waals surface area contributed by atoms with Crippen LogP contribution in [0.15, 0.2) is 57.7 Å². The van der Waals surface area contributed by atoms with Crippen molar-refractivity contribution in [2.45, 2.75) is 19.3 Å². The van der Waals surface area contributed by atoms with Gasteiger partial charge in [0.15, 0.2) is 0 Å². The minimum atomic E-state index is -0.623. The van der Waals surface area contributed by atoms with Gasteiger partial charge in [0.1, 0.15) is 11.1 Å². The van der Waals surface area contributed by atoms with Crippen LogP contribution in [-0.2, 0) is 12.8 Å². The summed E-state index contributed by atoms with van der Waals surface area (Å²) >= 11 is 0. The number of hydrogen-bond acceptors (Lipinski definition) is 3. The lowest BCUT2D eigenvalue weighted by atomic mass is 10.1. The van der Waals surface area contributed by atoms with Gasteiger partial charge in [0.05, 0.1) is 0 Å². The Hall–Kier alpha value is -2.88. The Bertz CT molecular complexity index is 972. The van der Waals surface area contributed by atoms with E-state index in [9.17, 15) is 9.59 Å². The fourth-order valence-electron chi connectivity index (χ4n) is 3.07. The molecule has 2 aromatic carbocycles. The molecule has 4 heteroatoms. The zero-order chi connectivity index (χ0) is 15.8. The Morgan fingerprint density at radius 3 is 2.74 bits per heavy atom. The van der Waals surface area contributed by atoms with Crippen LogP contribution in [0.1, 0.15) is 27.9 Å². The second kappa shape index (κ2) is 5.39. The van der Waals surface area contributed by atoms with Gasteiger partial charge in [-0.3, -0.25) is 4.79 Å². The van der Waals surface area contributed by atoms with Crippen molar-refractivity contribution in [2.75, 3.05) is 5.32 Å². The van der Waals surface area contributed by atoms with Crippen LogP contribution in [0.3, 0.4) is 0 Å². The zero-order valence-corrected chi connectivity index (χ0v) is 12.5. The summed E-state index contributed by atoms with van der Waals surface area (Å²) in [6.45, 7) is 0. The maximum atomic E-state index is 12.4. The van der Waals surface area contributed by atoms with E-state index in [0.29, 0.717) is 11.3 Å². The van der Waals surface area contributed by atoms with Crippen LogP contribution in [0.2, 0.25) is 0 Å². The summed E-state index contributed by atoms with van der Waals surface area (Å²) in [6, 6.07) is 14.6. The van der Waals surface area contributed by atoms with Crippen LogP contribution in [0.25, 0.3) is 11.0 Å². The number of nitrogens with one attached hydrogen (secondary N) is 1. The quantitative estimate of drug-likeness (QED) is 0.737. The number of amides is 1. The van der Waals surface area contributed by atoms with Gasteiger partial charge in [-0.25, -0.2) is 4.79 Å². The van der Waals surface area contributed by atoms with Crippen LogP contribution in [0.5, 0.6) is 0 Å². The molecule has 0 atom stereocenters. The molecule has 0 unspecified atom stereocenters. The first-order valence-corrected chi connectivity index (χ1v) is 7.67. The molecule has 1 heterocycles. The van der Waals surface area contributed by atoms with Gasteiger partial charge < -0.3 is 9.73 Å². The van der Waals surface area contributed by atoms with Crippen molar-refractivity contribution in [2.24, 2.45) is 0 Å². The monoisotopic (exact) mass is 305 g/mol. The summed E-state index contributed by atoms with van der Waals surface area (Å²) in [6.07, 6.45) is 3.29. The zero-order valence-electron chi connectivity index (χ0n) is 12.5. The molecule has 23 heavy (non-hydrogen) atoms. The van der Waals surface area contributed by atoms with Gasteiger partial charge in [-0.1, -0.05) is 24.3 Å². The second-order valence-corrected chi connectivity index (χ2v) is 5.78. The highest BCUT2D eigenvalue weighted by Gasteiger charge is 2.16. The Morgan fingerprint density at radius 1 is 1.00 bits per heavy atom. The Kier molecular flexibility index (Phi) is 3.23. The van der Waals surface area contributed by atoms with Gasteiger partial charge in [0.25, 0.3) is 5.91 Å². The third-order valence-electron chi connectivity index (χ3n) is 4.24. The Labute approximate surface area is 132 Å². The van der Waals surface area contributed by atoms with E-state index in [0.717, 1.165) is 24.6 Å². The first-order valence-electron chi connectivity index (χ1n) is 7.67. The minimum absolute atomic E-state index is 0.0178. The SMILES string of the molecule is O=C(Nc1ccc2c(c1)CCC2)c1cc2ccccc2oc1=O. The number of benzene rings is 2. The van der Waals surface area contributed by atoms with E-state index in [-0.39, 0.29) is 5.56 Å². The van der Waals surface area contributed by atoms with Crippen LogP contribution in [-0.4, -0.2) is 5.91 Å². The van der Waals surface area contributed by atoms with Crippen molar-refractivity contribution >= 4 is 22.6 Å². The van der Waals surface area contributed by atoms with Crippen molar-refractivity contribution in [1.29, 1.82) is 0 Å². The number of rotatable bonds is 2. The lowest BCUT2D eigenvalue weighted by molar-refractivity contribution is 0.102. The highest BCUT2D eigenvalue weighted by atomic mass is 16.4. The molecule has 0 fully saturated rings. The van der Waals surface area contributed by atoms with Crippen LogP contribution in [0, 0.1) is 0 Å². The van der Waals surface area contributed by atoms with Gasteiger partial charge >= 0.3 is 5.63 Å². The number of fused-ring (bicyclic) bond motifs is 2. The van der Waals surface area contributed by atoms with E-state index in [2.05, 4.69) is 5.32 Å². The maximum Gasteiger partial charge on any atom is 0.349 e. The van der Waals surface area contributed by atoms with Crippen molar-refractivity contribution in [1.82, 2.24) is 0 Å². The van der Waals surface area contributed by atoms with E-state index in [1.807, 2.05) is 30.3 Å². The molecule has 114 valence electrons. The highest BCUT2D eigenvalue weighted by molar-refractivity contribution is 6.05. The first kappa shape index (κ1) is 13.8. The van der Waals surface area contributed by atoms with E-state index < -0.39 is 11.5 Å². The number of hydrogen-bond donors (Lipinski definition) is 1. The summed E-state index contributed by atoms with van der Waals surface area (Å²) in [5, 5.41) is 3.52. The lowest BCUT2D eigenvalue weighted by Crippen LogP contribution is -2.20. The average Bonchev–Trinajstić information content (AvgIpc) is 3.01. The summed E-state index contributed by atoms with van der Waals surface area (Å²) in [5.41, 5.74) is 3.20. The van der Waals surface area contributed by atoms with Crippen LogP contribution < -0.4 is 10.9 Å². The van der Waals surface area contributed by atoms with Gasteiger partial charge in [-0.05, 0) is 54.7 Å².